The Bertz CT molecular complexity index is 489. The summed E-state index contributed by atoms with van der Waals surface area (Å²) in [5, 5.41) is 0. The van der Waals surface area contributed by atoms with Gasteiger partial charge in [-0.3, -0.25) is 4.79 Å². The van der Waals surface area contributed by atoms with Crippen LogP contribution < -0.4 is 4.74 Å². The van der Waals surface area contributed by atoms with Crippen LogP contribution in [0.5, 0.6) is 5.75 Å². The highest BCUT2D eigenvalue weighted by atomic mass is 16.5. The van der Waals surface area contributed by atoms with Crippen LogP contribution in [0.4, 0.5) is 0 Å². The highest BCUT2D eigenvalue weighted by Gasteiger charge is 2.27. The second-order valence-electron chi connectivity index (χ2n) is 3.77. The third-order valence-electron chi connectivity index (χ3n) is 2.24. The first kappa shape index (κ1) is 10.4. The van der Waals surface area contributed by atoms with Crippen molar-refractivity contribution in [2.45, 2.75) is 0 Å². The van der Waals surface area contributed by atoms with Gasteiger partial charge in [-0.25, -0.2) is 4.79 Å². The Morgan fingerprint density at radius 2 is 2.06 bits per heavy atom. The minimum Gasteiger partial charge on any atom is -0.422 e. The number of carbonyl (C=O) groups is 2. The molecule has 0 spiro atoms. The minimum atomic E-state index is -0.383. The molecule has 16 heavy (non-hydrogen) atoms. The van der Waals surface area contributed by atoms with E-state index in [-0.39, 0.29) is 5.97 Å². The second kappa shape index (κ2) is 3.81. The van der Waals surface area contributed by atoms with Crippen molar-refractivity contribution in [2.24, 2.45) is 0 Å². The van der Waals surface area contributed by atoms with Crippen LogP contribution in [-0.4, -0.2) is 31.3 Å². The molecule has 0 N–H and O–H groups in total. The molecule has 4 heteroatoms. The molecular weight excluding hydrogens is 206 g/mol. The van der Waals surface area contributed by atoms with E-state index in [0.717, 1.165) is 11.8 Å². The molecule has 0 fully saturated rings. The van der Waals surface area contributed by atoms with Crippen molar-refractivity contribution < 1.29 is 14.3 Å². The summed E-state index contributed by atoms with van der Waals surface area (Å²) in [6, 6.07) is 4.95. The van der Waals surface area contributed by atoms with E-state index in [1.165, 1.54) is 0 Å². The SMILES string of the molecule is CN(C)/C=C1\C(=O)Oc2cc(C=O)ccc21. The Morgan fingerprint density at radius 1 is 1.31 bits per heavy atom. The molecule has 0 unspecified atom stereocenters. The predicted molar refractivity (Wildman–Crippen MR) is 59.1 cm³/mol. The van der Waals surface area contributed by atoms with Crippen LogP contribution in [0, 0.1) is 0 Å². The normalized spacial score (nSPS) is 15.9. The summed E-state index contributed by atoms with van der Waals surface area (Å²) >= 11 is 0. The van der Waals surface area contributed by atoms with Crippen LogP contribution in [0.25, 0.3) is 5.57 Å². The monoisotopic (exact) mass is 217 g/mol. The van der Waals surface area contributed by atoms with Crippen molar-refractivity contribution in [3.8, 4) is 5.75 Å². The van der Waals surface area contributed by atoms with E-state index >= 15 is 0 Å². The molecule has 1 heterocycles. The number of hydrogen-bond acceptors (Lipinski definition) is 4. The number of fused-ring (bicyclic) bond motifs is 1. The summed E-state index contributed by atoms with van der Waals surface area (Å²) in [5.74, 6) is 0.0643. The van der Waals surface area contributed by atoms with Gasteiger partial charge in [-0.15, -0.1) is 0 Å². The molecule has 0 saturated heterocycles. The summed E-state index contributed by atoms with van der Waals surface area (Å²) in [6.45, 7) is 0. The maximum absolute atomic E-state index is 11.6. The molecule has 1 aromatic rings. The standard InChI is InChI=1S/C12H11NO3/c1-13(2)6-10-9-4-3-8(7-14)5-11(9)16-12(10)15/h3-7H,1-2H3/b10-6-. The zero-order valence-corrected chi connectivity index (χ0v) is 9.06. The van der Waals surface area contributed by atoms with Crippen LogP contribution in [0.2, 0.25) is 0 Å². The molecule has 0 amide bonds. The third kappa shape index (κ3) is 1.69. The summed E-state index contributed by atoms with van der Waals surface area (Å²) < 4.78 is 5.07. The summed E-state index contributed by atoms with van der Waals surface area (Å²) in [5.41, 5.74) is 1.74. The molecule has 1 aliphatic heterocycles. The third-order valence-corrected chi connectivity index (χ3v) is 2.24. The largest absolute Gasteiger partial charge is 0.422 e. The molecule has 1 aliphatic rings. The quantitative estimate of drug-likeness (QED) is 0.324. The highest BCUT2D eigenvalue weighted by Crippen LogP contribution is 2.34. The van der Waals surface area contributed by atoms with Crippen LogP contribution in [0.15, 0.2) is 24.4 Å². The molecule has 0 saturated carbocycles. The molecule has 2 rings (SSSR count). The molecular formula is C12H11NO3. The predicted octanol–water partition coefficient (Wildman–Crippen LogP) is 1.32. The van der Waals surface area contributed by atoms with Gasteiger partial charge in [0.05, 0.1) is 5.57 Å². The summed E-state index contributed by atoms with van der Waals surface area (Å²) in [7, 11) is 3.66. The first-order valence-corrected chi connectivity index (χ1v) is 4.82. The van der Waals surface area contributed by atoms with E-state index in [9.17, 15) is 9.59 Å². The Labute approximate surface area is 93.1 Å². The number of nitrogens with zero attached hydrogens (tertiary/aromatic N) is 1. The lowest BCUT2D eigenvalue weighted by Crippen LogP contribution is -2.07. The second-order valence-corrected chi connectivity index (χ2v) is 3.77. The van der Waals surface area contributed by atoms with E-state index in [4.69, 9.17) is 4.74 Å². The van der Waals surface area contributed by atoms with E-state index in [2.05, 4.69) is 0 Å². The fraction of sp³-hybridized carbons (Fsp3) is 0.167. The van der Waals surface area contributed by atoms with E-state index in [1.54, 1.807) is 29.3 Å². The number of aldehydes is 1. The average Bonchev–Trinajstić information content (AvgIpc) is 2.54. The van der Waals surface area contributed by atoms with Crippen molar-refractivity contribution >= 4 is 17.8 Å². The fourth-order valence-corrected chi connectivity index (χ4v) is 1.56. The van der Waals surface area contributed by atoms with Crippen LogP contribution in [0.1, 0.15) is 15.9 Å². The Kier molecular flexibility index (Phi) is 2.48. The Morgan fingerprint density at radius 3 is 2.69 bits per heavy atom. The van der Waals surface area contributed by atoms with Crippen molar-refractivity contribution in [1.29, 1.82) is 0 Å². The molecule has 0 bridgehead atoms. The van der Waals surface area contributed by atoms with Gasteiger partial charge in [-0.2, -0.15) is 0 Å². The van der Waals surface area contributed by atoms with Gasteiger partial charge < -0.3 is 9.64 Å². The van der Waals surface area contributed by atoms with Crippen LogP contribution in [0.3, 0.4) is 0 Å². The Hall–Kier alpha value is -2.10. The van der Waals surface area contributed by atoms with Crippen LogP contribution in [-0.2, 0) is 4.79 Å². The number of esters is 1. The maximum atomic E-state index is 11.6. The summed E-state index contributed by atoms with van der Waals surface area (Å²) in [4.78, 5) is 23.9. The van der Waals surface area contributed by atoms with E-state index in [0.29, 0.717) is 16.9 Å². The molecule has 82 valence electrons. The lowest BCUT2D eigenvalue weighted by molar-refractivity contribution is -0.127. The lowest BCUT2D eigenvalue weighted by Gasteiger charge is -2.05. The zero-order chi connectivity index (χ0) is 11.7. The zero-order valence-electron chi connectivity index (χ0n) is 9.06. The van der Waals surface area contributed by atoms with Gasteiger partial charge in [0.25, 0.3) is 0 Å². The molecule has 0 atom stereocenters. The van der Waals surface area contributed by atoms with Gasteiger partial charge in [-0.1, -0.05) is 6.07 Å². The first-order valence-electron chi connectivity index (χ1n) is 4.82. The molecule has 0 aromatic heterocycles. The van der Waals surface area contributed by atoms with Gasteiger partial charge >= 0.3 is 5.97 Å². The molecule has 4 nitrogen and oxygen atoms in total. The van der Waals surface area contributed by atoms with Gasteiger partial charge in [0.1, 0.15) is 12.0 Å². The molecule has 1 aromatic carbocycles. The smallest absolute Gasteiger partial charge is 0.345 e. The van der Waals surface area contributed by atoms with Gasteiger partial charge in [0.15, 0.2) is 0 Å². The van der Waals surface area contributed by atoms with E-state index < -0.39 is 0 Å². The number of benzene rings is 1. The van der Waals surface area contributed by atoms with Gasteiger partial charge in [0.2, 0.25) is 0 Å². The first-order chi connectivity index (χ1) is 7.61. The minimum absolute atomic E-state index is 0.383. The number of ether oxygens (including phenoxy) is 1. The van der Waals surface area contributed by atoms with Crippen molar-refractivity contribution in [3.63, 3.8) is 0 Å². The Balaban J connectivity index is 2.50. The maximum Gasteiger partial charge on any atom is 0.345 e. The highest BCUT2D eigenvalue weighted by molar-refractivity contribution is 6.21. The van der Waals surface area contributed by atoms with Crippen molar-refractivity contribution in [3.05, 3.63) is 35.5 Å². The van der Waals surface area contributed by atoms with Gasteiger partial charge in [0, 0.05) is 31.4 Å². The lowest BCUT2D eigenvalue weighted by atomic mass is 10.1. The number of carbonyl (C=O) groups excluding carboxylic acids is 2. The van der Waals surface area contributed by atoms with Crippen molar-refractivity contribution in [1.82, 2.24) is 4.90 Å². The van der Waals surface area contributed by atoms with Gasteiger partial charge in [-0.05, 0) is 12.1 Å². The topological polar surface area (TPSA) is 46.6 Å². The molecule has 0 radical (unpaired) electrons. The number of hydrogen-bond donors (Lipinski definition) is 0. The van der Waals surface area contributed by atoms with E-state index in [1.807, 2.05) is 14.1 Å². The average molecular weight is 217 g/mol. The summed E-state index contributed by atoms with van der Waals surface area (Å²) in [6.07, 6.45) is 2.43. The fourth-order valence-electron chi connectivity index (χ4n) is 1.56. The van der Waals surface area contributed by atoms with Crippen LogP contribution >= 0.6 is 0 Å². The number of rotatable bonds is 2. The molecule has 0 aliphatic carbocycles. The van der Waals surface area contributed by atoms with Crippen molar-refractivity contribution in [2.75, 3.05) is 14.1 Å².